The zero-order valence-corrected chi connectivity index (χ0v) is 18.3. The smallest absolute Gasteiger partial charge is 0.410 e. The third-order valence-corrected chi connectivity index (χ3v) is 5.34. The highest BCUT2D eigenvalue weighted by molar-refractivity contribution is 5.81. The fourth-order valence-corrected chi connectivity index (χ4v) is 3.95. The molecular formula is C24H27N3O4. The van der Waals surface area contributed by atoms with Gasteiger partial charge in [-0.15, -0.1) is 0 Å². The predicted molar refractivity (Wildman–Crippen MR) is 118 cm³/mol. The predicted octanol–water partition coefficient (Wildman–Crippen LogP) is 3.75. The second kappa shape index (κ2) is 8.06. The molecule has 2 aromatic heterocycles. The van der Waals surface area contributed by atoms with Crippen LogP contribution in [0.5, 0.6) is 5.75 Å². The van der Waals surface area contributed by atoms with Crippen molar-refractivity contribution in [1.82, 2.24) is 14.5 Å². The Balaban J connectivity index is 1.77. The molecule has 3 aromatic rings. The number of rotatable bonds is 3. The van der Waals surface area contributed by atoms with Gasteiger partial charge in [-0.25, -0.2) is 9.78 Å². The van der Waals surface area contributed by atoms with E-state index in [1.807, 2.05) is 57.2 Å². The maximum absolute atomic E-state index is 13.6. The number of fused-ring (bicyclic) bond motifs is 3. The summed E-state index contributed by atoms with van der Waals surface area (Å²) in [5, 5.41) is 0.948. The second-order valence-corrected chi connectivity index (χ2v) is 8.73. The van der Waals surface area contributed by atoms with Crippen LogP contribution < -0.4 is 10.3 Å². The first kappa shape index (κ1) is 20.9. The molecule has 1 amide bonds. The molecule has 31 heavy (non-hydrogen) atoms. The van der Waals surface area contributed by atoms with Crippen LogP contribution in [0.3, 0.4) is 0 Å². The number of hydrogen-bond acceptors (Lipinski definition) is 5. The highest BCUT2D eigenvalue weighted by Crippen LogP contribution is 2.26. The molecule has 3 heterocycles. The van der Waals surface area contributed by atoms with Crippen LogP contribution in [0.4, 0.5) is 4.79 Å². The summed E-state index contributed by atoms with van der Waals surface area (Å²) in [6.45, 7) is 6.61. The fraction of sp³-hybridized carbons (Fsp3) is 0.375. The van der Waals surface area contributed by atoms with Gasteiger partial charge in [0, 0.05) is 23.7 Å². The molecule has 7 nitrogen and oxygen atoms in total. The summed E-state index contributed by atoms with van der Waals surface area (Å²) in [4.78, 5) is 32.3. The maximum Gasteiger partial charge on any atom is 0.410 e. The summed E-state index contributed by atoms with van der Waals surface area (Å²) in [5.74, 6) is 0.733. The Morgan fingerprint density at radius 2 is 1.97 bits per heavy atom. The molecule has 4 rings (SSSR count). The molecule has 1 aliphatic heterocycles. The molecule has 1 aromatic carbocycles. The number of amides is 1. The Kier molecular flexibility index (Phi) is 5.43. The van der Waals surface area contributed by atoms with Crippen LogP contribution in [0, 0.1) is 0 Å². The normalized spacial score (nSPS) is 13.7. The van der Waals surface area contributed by atoms with Crippen LogP contribution in [-0.2, 0) is 24.2 Å². The molecular weight excluding hydrogens is 394 g/mol. The minimum absolute atomic E-state index is 0.128. The monoisotopic (exact) mass is 421 g/mol. The van der Waals surface area contributed by atoms with Gasteiger partial charge in [0.15, 0.2) is 0 Å². The first-order chi connectivity index (χ1) is 14.8. The van der Waals surface area contributed by atoms with Gasteiger partial charge in [-0.3, -0.25) is 9.36 Å². The minimum Gasteiger partial charge on any atom is -0.497 e. The van der Waals surface area contributed by atoms with E-state index in [1.54, 1.807) is 22.8 Å². The molecule has 0 saturated heterocycles. The number of pyridine rings is 2. The molecule has 1 aliphatic rings. The molecule has 0 N–H and O–H groups in total. The topological polar surface area (TPSA) is 73.7 Å². The quantitative estimate of drug-likeness (QED) is 0.644. The number of ether oxygens (including phenoxy) is 2. The van der Waals surface area contributed by atoms with Gasteiger partial charge < -0.3 is 14.4 Å². The number of methoxy groups -OCH3 is 1. The number of carbonyl (C=O) groups excluding carboxylic acids is 1. The van der Waals surface area contributed by atoms with E-state index < -0.39 is 11.7 Å². The Morgan fingerprint density at radius 1 is 1.16 bits per heavy atom. The van der Waals surface area contributed by atoms with Crippen LogP contribution in [-0.4, -0.2) is 39.8 Å². The lowest BCUT2D eigenvalue weighted by Crippen LogP contribution is -2.43. The van der Waals surface area contributed by atoms with Crippen molar-refractivity contribution in [1.29, 1.82) is 0 Å². The molecule has 0 radical (unpaired) electrons. The van der Waals surface area contributed by atoms with Crippen molar-refractivity contribution in [3.05, 3.63) is 69.6 Å². The lowest BCUT2D eigenvalue weighted by atomic mass is 9.97. The largest absolute Gasteiger partial charge is 0.497 e. The highest BCUT2D eigenvalue weighted by Gasteiger charge is 2.29. The first-order valence-corrected chi connectivity index (χ1v) is 10.4. The van der Waals surface area contributed by atoms with Gasteiger partial charge in [0.1, 0.15) is 17.0 Å². The molecule has 0 atom stereocenters. The van der Waals surface area contributed by atoms with Gasteiger partial charge >= 0.3 is 6.09 Å². The number of carbonyl (C=O) groups is 1. The molecule has 0 spiro atoms. The van der Waals surface area contributed by atoms with Gasteiger partial charge in [0.05, 0.1) is 20.2 Å². The number of benzene rings is 1. The average Bonchev–Trinajstić information content (AvgIpc) is 2.75. The van der Waals surface area contributed by atoms with Gasteiger partial charge in [-0.2, -0.15) is 0 Å². The second-order valence-electron chi connectivity index (χ2n) is 8.73. The molecule has 0 aliphatic carbocycles. The number of aromatic nitrogens is 2. The summed E-state index contributed by atoms with van der Waals surface area (Å²) < 4.78 is 12.5. The SMILES string of the molecule is COc1cccc(Cn2c(=O)c3c(c4cccnc42)CCN(C(=O)OC(C)(C)C)C3)c1. The summed E-state index contributed by atoms with van der Waals surface area (Å²) >= 11 is 0. The van der Waals surface area contributed by atoms with Gasteiger partial charge in [0.2, 0.25) is 0 Å². The minimum atomic E-state index is -0.586. The van der Waals surface area contributed by atoms with Crippen LogP contribution >= 0.6 is 0 Å². The molecule has 7 heteroatoms. The summed E-state index contributed by atoms with van der Waals surface area (Å²) in [5.41, 5.74) is 2.47. The van der Waals surface area contributed by atoms with Crippen molar-refractivity contribution < 1.29 is 14.3 Å². The van der Waals surface area contributed by atoms with Crippen molar-refractivity contribution in [2.75, 3.05) is 13.7 Å². The third-order valence-electron chi connectivity index (χ3n) is 5.34. The average molecular weight is 421 g/mol. The third kappa shape index (κ3) is 4.26. The van der Waals surface area contributed by atoms with Crippen molar-refractivity contribution in [3.63, 3.8) is 0 Å². The van der Waals surface area contributed by atoms with E-state index in [4.69, 9.17) is 9.47 Å². The molecule has 0 bridgehead atoms. The maximum atomic E-state index is 13.6. The Bertz CT molecular complexity index is 1190. The van der Waals surface area contributed by atoms with E-state index in [9.17, 15) is 9.59 Å². The van der Waals surface area contributed by atoms with Crippen LogP contribution in [0.2, 0.25) is 0 Å². The van der Waals surface area contributed by atoms with E-state index in [0.717, 1.165) is 22.3 Å². The zero-order valence-electron chi connectivity index (χ0n) is 18.3. The Hall–Kier alpha value is -3.35. The van der Waals surface area contributed by atoms with E-state index >= 15 is 0 Å². The van der Waals surface area contributed by atoms with E-state index in [1.165, 1.54) is 0 Å². The molecule has 0 unspecified atom stereocenters. The van der Waals surface area contributed by atoms with Crippen molar-refractivity contribution in [2.45, 2.75) is 45.9 Å². The lowest BCUT2D eigenvalue weighted by Gasteiger charge is -2.31. The lowest BCUT2D eigenvalue weighted by molar-refractivity contribution is 0.0223. The van der Waals surface area contributed by atoms with Crippen LogP contribution in [0.1, 0.15) is 37.5 Å². The summed E-state index contributed by atoms with van der Waals surface area (Å²) in [6.07, 6.45) is 1.89. The highest BCUT2D eigenvalue weighted by atomic mass is 16.6. The Morgan fingerprint density at radius 3 is 2.71 bits per heavy atom. The zero-order chi connectivity index (χ0) is 22.2. The van der Waals surface area contributed by atoms with Crippen molar-refractivity contribution in [3.8, 4) is 5.75 Å². The molecule has 162 valence electrons. The van der Waals surface area contributed by atoms with Crippen molar-refractivity contribution >= 4 is 17.1 Å². The number of hydrogen-bond donors (Lipinski definition) is 0. The van der Waals surface area contributed by atoms with E-state index in [0.29, 0.717) is 30.7 Å². The van der Waals surface area contributed by atoms with E-state index in [2.05, 4.69) is 4.98 Å². The van der Waals surface area contributed by atoms with Crippen molar-refractivity contribution in [2.24, 2.45) is 0 Å². The van der Waals surface area contributed by atoms with Gasteiger partial charge in [0.25, 0.3) is 5.56 Å². The number of nitrogens with zero attached hydrogens (tertiary/aromatic N) is 3. The Labute approximate surface area is 181 Å². The molecule has 0 saturated carbocycles. The van der Waals surface area contributed by atoms with Gasteiger partial charge in [-0.05, 0) is 62.6 Å². The summed E-state index contributed by atoms with van der Waals surface area (Å²) in [7, 11) is 1.62. The molecule has 0 fully saturated rings. The van der Waals surface area contributed by atoms with E-state index in [-0.39, 0.29) is 12.1 Å². The summed E-state index contributed by atoms with van der Waals surface area (Å²) in [6, 6.07) is 11.5. The standard InChI is InChI=1S/C24H27N3O4/c1-24(2,3)31-23(29)26-12-10-18-19-9-6-11-25-21(19)27(22(28)20(18)15-26)14-16-7-5-8-17(13-16)30-4/h5-9,11,13H,10,12,14-15H2,1-4H3. The fourth-order valence-electron chi connectivity index (χ4n) is 3.95. The van der Waals surface area contributed by atoms with Crippen LogP contribution in [0.15, 0.2) is 47.4 Å². The van der Waals surface area contributed by atoms with Gasteiger partial charge in [-0.1, -0.05) is 12.1 Å². The first-order valence-electron chi connectivity index (χ1n) is 10.4. The van der Waals surface area contributed by atoms with Crippen LogP contribution in [0.25, 0.3) is 11.0 Å².